The van der Waals surface area contributed by atoms with E-state index in [4.69, 9.17) is 0 Å². The first kappa shape index (κ1) is 12.1. The zero-order valence-electron chi connectivity index (χ0n) is 8.79. The van der Waals surface area contributed by atoms with E-state index in [0.717, 1.165) is 16.1 Å². The fraction of sp³-hybridized carbons (Fsp3) is 0.500. The van der Waals surface area contributed by atoms with Crippen LogP contribution >= 0.6 is 27.7 Å². The highest BCUT2D eigenvalue weighted by Crippen LogP contribution is 2.18. The van der Waals surface area contributed by atoms with Gasteiger partial charge in [-0.15, -0.1) is 0 Å². The summed E-state index contributed by atoms with van der Waals surface area (Å²) in [5.74, 6) is 3.25. The van der Waals surface area contributed by atoms with Crippen molar-refractivity contribution in [3.05, 3.63) is 34.3 Å². The van der Waals surface area contributed by atoms with Crippen molar-refractivity contribution in [2.24, 2.45) is 5.92 Å². The summed E-state index contributed by atoms with van der Waals surface area (Å²) >= 11 is 5.47. The van der Waals surface area contributed by atoms with Gasteiger partial charge in [-0.05, 0) is 29.4 Å². The van der Waals surface area contributed by atoms with Gasteiger partial charge in [0.25, 0.3) is 0 Å². The first-order chi connectivity index (χ1) is 6.72. The molecular formula is C12H17BrS. The van der Waals surface area contributed by atoms with Gasteiger partial charge in [0.15, 0.2) is 0 Å². The van der Waals surface area contributed by atoms with Gasteiger partial charge >= 0.3 is 0 Å². The molecule has 0 saturated carbocycles. The van der Waals surface area contributed by atoms with Crippen molar-refractivity contribution in [2.75, 3.05) is 5.75 Å². The van der Waals surface area contributed by atoms with Crippen molar-refractivity contribution in [3.63, 3.8) is 0 Å². The Morgan fingerprint density at radius 2 is 1.93 bits per heavy atom. The van der Waals surface area contributed by atoms with Gasteiger partial charge < -0.3 is 0 Å². The molecule has 2 heteroatoms. The predicted octanol–water partition coefficient (Wildman–Crippen LogP) is 4.73. The summed E-state index contributed by atoms with van der Waals surface area (Å²) in [5, 5.41) is 0. The van der Waals surface area contributed by atoms with Gasteiger partial charge in [-0.25, -0.2) is 0 Å². The molecule has 1 aromatic carbocycles. The number of hydrogen-bond acceptors (Lipinski definition) is 1. The summed E-state index contributed by atoms with van der Waals surface area (Å²) in [6.07, 6.45) is 1.29. The standard InChI is InChI=1S/C12H17BrS/c1-3-10(2)8-14-9-11-4-6-12(13)7-5-11/h4-7,10H,3,8-9H2,1-2H3. The Labute approximate surface area is 99.6 Å². The molecular weight excluding hydrogens is 256 g/mol. The quantitative estimate of drug-likeness (QED) is 0.747. The molecule has 1 aromatic rings. The minimum Gasteiger partial charge on any atom is -0.157 e. The highest BCUT2D eigenvalue weighted by Gasteiger charge is 1.99. The second-order valence-corrected chi connectivity index (χ2v) is 5.60. The first-order valence-electron chi connectivity index (χ1n) is 5.04. The Hall–Kier alpha value is 0.0500. The lowest BCUT2D eigenvalue weighted by molar-refractivity contribution is 0.637. The van der Waals surface area contributed by atoms with E-state index in [2.05, 4.69) is 54.0 Å². The molecule has 0 nitrogen and oxygen atoms in total. The Kier molecular flexibility index (Phi) is 5.64. The molecule has 0 saturated heterocycles. The van der Waals surface area contributed by atoms with E-state index in [0.29, 0.717) is 0 Å². The van der Waals surface area contributed by atoms with Crippen LogP contribution in [0.15, 0.2) is 28.7 Å². The molecule has 1 rings (SSSR count). The summed E-state index contributed by atoms with van der Waals surface area (Å²) in [6, 6.07) is 8.60. The second-order valence-electron chi connectivity index (χ2n) is 3.66. The van der Waals surface area contributed by atoms with Crippen molar-refractivity contribution < 1.29 is 0 Å². The van der Waals surface area contributed by atoms with Crippen molar-refractivity contribution >= 4 is 27.7 Å². The van der Waals surface area contributed by atoms with E-state index in [1.54, 1.807) is 0 Å². The van der Waals surface area contributed by atoms with E-state index in [-0.39, 0.29) is 0 Å². The van der Waals surface area contributed by atoms with Crippen molar-refractivity contribution in [1.82, 2.24) is 0 Å². The van der Waals surface area contributed by atoms with Crippen LogP contribution in [-0.4, -0.2) is 5.75 Å². The third-order valence-corrected chi connectivity index (χ3v) is 4.15. The molecule has 0 aliphatic carbocycles. The van der Waals surface area contributed by atoms with Crippen LogP contribution in [0, 0.1) is 5.92 Å². The largest absolute Gasteiger partial charge is 0.157 e. The van der Waals surface area contributed by atoms with E-state index in [1.165, 1.54) is 17.7 Å². The monoisotopic (exact) mass is 272 g/mol. The summed E-state index contributed by atoms with van der Waals surface area (Å²) in [5.41, 5.74) is 1.42. The summed E-state index contributed by atoms with van der Waals surface area (Å²) in [6.45, 7) is 4.57. The van der Waals surface area contributed by atoms with Crippen molar-refractivity contribution in [2.45, 2.75) is 26.0 Å². The maximum atomic E-state index is 3.44. The van der Waals surface area contributed by atoms with Gasteiger partial charge in [0.1, 0.15) is 0 Å². The average molecular weight is 273 g/mol. The van der Waals surface area contributed by atoms with E-state index < -0.39 is 0 Å². The van der Waals surface area contributed by atoms with Gasteiger partial charge in [-0.3, -0.25) is 0 Å². The number of hydrogen-bond donors (Lipinski definition) is 0. The zero-order valence-corrected chi connectivity index (χ0v) is 11.2. The van der Waals surface area contributed by atoms with Crippen LogP contribution in [0.2, 0.25) is 0 Å². The lowest BCUT2D eigenvalue weighted by atomic mass is 10.2. The fourth-order valence-electron chi connectivity index (χ4n) is 1.08. The molecule has 1 unspecified atom stereocenters. The summed E-state index contributed by atoms with van der Waals surface area (Å²) < 4.78 is 1.16. The first-order valence-corrected chi connectivity index (χ1v) is 6.99. The number of benzene rings is 1. The van der Waals surface area contributed by atoms with Gasteiger partial charge in [-0.1, -0.05) is 48.3 Å². The molecule has 0 aromatic heterocycles. The maximum absolute atomic E-state index is 3.44. The van der Waals surface area contributed by atoms with Crippen LogP contribution < -0.4 is 0 Å². The fourth-order valence-corrected chi connectivity index (χ4v) is 2.52. The molecule has 78 valence electrons. The van der Waals surface area contributed by atoms with E-state index >= 15 is 0 Å². The summed E-state index contributed by atoms with van der Waals surface area (Å²) in [4.78, 5) is 0. The molecule has 0 heterocycles. The van der Waals surface area contributed by atoms with E-state index in [9.17, 15) is 0 Å². The second kappa shape index (κ2) is 6.52. The lowest BCUT2D eigenvalue weighted by Gasteiger charge is -2.07. The van der Waals surface area contributed by atoms with Gasteiger partial charge in [0, 0.05) is 10.2 Å². The average Bonchev–Trinajstić information content (AvgIpc) is 2.21. The van der Waals surface area contributed by atoms with Crippen LogP contribution in [0.1, 0.15) is 25.8 Å². The van der Waals surface area contributed by atoms with Crippen molar-refractivity contribution in [3.8, 4) is 0 Å². The Morgan fingerprint density at radius 3 is 2.50 bits per heavy atom. The number of halogens is 1. The van der Waals surface area contributed by atoms with Gasteiger partial charge in [0.2, 0.25) is 0 Å². The minimum atomic E-state index is 0.843. The molecule has 0 amide bonds. The molecule has 0 N–H and O–H groups in total. The molecule has 0 aliphatic rings. The van der Waals surface area contributed by atoms with Crippen LogP contribution in [0.3, 0.4) is 0 Å². The maximum Gasteiger partial charge on any atom is 0.0184 e. The Balaban J connectivity index is 2.28. The molecule has 14 heavy (non-hydrogen) atoms. The van der Waals surface area contributed by atoms with Gasteiger partial charge in [-0.2, -0.15) is 11.8 Å². The van der Waals surface area contributed by atoms with Crippen LogP contribution in [0.5, 0.6) is 0 Å². The van der Waals surface area contributed by atoms with Gasteiger partial charge in [0.05, 0.1) is 0 Å². The Morgan fingerprint density at radius 1 is 1.29 bits per heavy atom. The molecule has 1 atom stereocenters. The smallest absolute Gasteiger partial charge is 0.0184 e. The molecule has 0 bridgehead atoms. The highest BCUT2D eigenvalue weighted by atomic mass is 79.9. The molecule has 0 spiro atoms. The molecule has 0 radical (unpaired) electrons. The SMILES string of the molecule is CCC(C)CSCc1ccc(Br)cc1. The van der Waals surface area contributed by atoms with Crippen LogP contribution in [0.25, 0.3) is 0 Å². The predicted molar refractivity (Wildman–Crippen MR) is 69.8 cm³/mol. The Bertz CT molecular complexity index is 256. The van der Waals surface area contributed by atoms with Crippen LogP contribution in [0.4, 0.5) is 0 Å². The molecule has 0 fully saturated rings. The zero-order chi connectivity index (χ0) is 10.4. The van der Waals surface area contributed by atoms with Crippen molar-refractivity contribution in [1.29, 1.82) is 0 Å². The third kappa shape index (κ3) is 4.52. The molecule has 0 aliphatic heterocycles. The van der Waals surface area contributed by atoms with Crippen LogP contribution in [-0.2, 0) is 5.75 Å². The van der Waals surface area contributed by atoms with E-state index in [1.807, 2.05) is 11.8 Å². The highest BCUT2D eigenvalue weighted by molar-refractivity contribution is 9.10. The third-order valence-electron chi connectivity index (χ3n) is 2.28. The lowest BCUT2D eigenvalue weighted by Crippen LogP contribution is -1.95. The number of thioether (sulfide) groups is 1. The summed E-state index contributed by atoms with van der Waals surface area (Å²) in [7, 11) is 0. The minimum absolute atomic E-state index is 0.843. The normalized spacial score (nSPS) is 12.8. The number of rotatable bonds is 5. The topological polar surface area (TPSA) is 0 Å².